The molecule has 0 aliphatic rings. The predicted octanol–water partition coefficient (Wildman–Crippen LogP) is 1.53. The summed E-state index contributed by atoms with van der Waals surface area (Å²) in [5, 5.41) is 0. The molecule has 0 rings (SSSR count). The van der Waals surface area contributed by atoms with Crippen LogP contribution in [0.25, 0.3) is 0 Å². The van der Waals surface area contributed by atoms with Crippen molar-refractivity contribution in [3.8, 4) is 0 Å². The molecule has 0 fully saturated rings. The molecule has 0 bridgehead atoms. The van der Waals surface area contributed by atoms with Crippen molar-refractivity contribution in [1.82, 2.24) is 0 Å². The largest absolute Gasteiger partial charge is 0.818 e. The molecule has 0 aromatic rings. The third-order valence-electron chi connectivity index (χ3n) is 0.491. The first-order valence-corrected chi connectivity index (χ1v) is 4.28. The summed E-state index contributed by atoms with van der Waals surface area (Å²) < 4.78 is 25.9. The quantitative estimate of drug-likeness (QED) is 0.668. The molecule has 0 radical (unpaired) electrons. The third kappa shape index (κ3) is 5.19. The van der Waals surface area contributed by atoms with E-state index in [1.165, 1.54) is 0 Å². The summed E-state index contributed by atoms with van der Waals surface area (Å²) in [5.74, 6) is 0. The second-order valence-electron chi connectivity index (χ2n) is 1.14. The molecule has 0 amide bonds. The van der Waals surface area contributed by atoms with Crippen molar-refractivity contribution in [3.63, 3.8) is 0 Å². The predicted molar refractivity (Wildman–Crippen MR) is 42.2 cm³/mol. The van der Waals surface area contributed by atoms with Gasteiger partial charge in [0.15, 0.2) is 0 Å². The fourth-order valence-electron chi connectivity index (χ4n) is 0.183. The molecule has 2 unspecified atom stereocenters. The van der Waals surface area contributed by atoms with Crippen LogP contribution in [0.4, 0.5) is 9.59 Å². The van der Waals surface area contributed by atoms with Crippen molar-refractivity contribution >= 4 is 39.5 Å². The zero-order valence-electron chi connectivity index (χ0n) is 5.46. The van der Waals surface area contributed by atoms with E-state index in [2.05, 4.69) is 18.1 Å². The molecule has 0 aliphatic carbocycles. The average Bonchev–Trinajstić information content (AvgIpc) is 2.03. The van der Waals surface area contributed by atoms with Crippen LogP contribution in [0.2, 0.25) is 0 Å². The van der Waals surface area contributed by atoms with Gasteiger partial charge in [0.1, 0.15) is 0 Å². The Morgan fingerprint density at radius 1 is 1.00 bits per heavy atom. The molecule has 2 atom stereocenters. The van der Waals surface area contributed by atoms with E-state index in [0.29, 0.717) is 0 Å². The Morgan fingerprint density at radius 3 is 1.58 bits per heavy atom. The lowest BCUT2D eigenvalue weighted by Gasteiger charge is -1.88. The van der Waals surface area contributed by atoms with Crippen molar-refractivity contribution in [2.75, 3.05) is 0 Å². The second kappa shape index (κ2) is 6.06. The summed E-state index contributed by atoms with van der Waals surface area (Å²) in [7, 11) is 0.227. The molecule has 0 saturated heterocycles. The maximum atomic E-state index is 10.5. The first-order valence-electron chi connectivity index (χ1n) is 2.24. The van der Waals surface area contributed by atoms with Gasteiger partial charge in [0.2, 0.25) is 0 Å². The van der Waals surface area contributed by atoms with Crippen LogP contribution in [0.3, 0.4) is 0 Å². The van der Waals surface area contributed by atoms with E-state index in [4.69, 9.17) is 0 Å². The van der Waals surface area contributed by atoms with Crippen molar-refractivity contribution in [2.24, 2.45) is 0 Å². The van der Waals surface area contributed by atoms with Gasteiger partial charge in [-0.1, -0.05) is 0 Å². The minimum atomic E-state index is -2.90. The first-order chi connectivity index (χ1) is 5.60. The zero-order valence-corrected chi connectivity index (χ0v) is 8.66. The molecular weight excluding hydrogens is 229 g/mol. The van der Waals surface area contributed by atoms with Gasteiger partial charge in [-0.25, -0.2) is 0 Å². The monoisotopic (exact) mass is 233 g/mol. The Bertz CT molecular complexity index is 181. The van der Waals surface area contributed by atoms with E-state index in [9.17, 15) is 14.2 Å². The van der Waals surface area contributed by atoms with E-state index in [0.717, 1.165) is 0 Å². The van der Waals surface area contributed by atoms with Crippen LogP contribution in [-0.4, -0.2) is 12.3 Å². The topological polar surface area (TPSA) is 88.1 Å². The molecule has 68 valence electrons. The van der Waals surface area contributed by atoms with Crippen molar-refractivity contribution in [1.29, 1.82) is 0 Å². The minimum Gasteiger partial charge on any atom is -0.417 e. The van der Waals surface area contributed by atoms with Gasteiger partial charge in [-0.05, 0) is 0 Å². The molecule has 0 heterocycles. The van der Waals surface area contributed by atoms with Gasteiger partial charge in [0.25, 0.3) is 0 Å². The maximum Gasteiger partial charge on any atom is 0.818 e. The standard InChI is InChI=1S/C2H4O7P3/c3-1(6-10)8-12(5)9-2(4)7-11/h10-11H2/q+1. The lowest BCUT2D eigenvalue weighted by atomic mass is 11.5. The summed E-state index contributed by atoms with van der Waals surface area (Å²) >= 11 is 0. The molecule has 0 aliphatic heterocycles. The van der Waals surface area contributed by atoms with Crippen molar-refractivity contribution in [3.05, 3.63) is 0 Å². The molecule has 12 heavy (non-hydrogen) atoms. The molecule has 0 spiro atoms. The highest BCUT2D eigenvalue weighted by Gasteiger charge is 2.32. The Labute approximate surface area is 72.6 Å². The number of hydrogen-bond donors (Lipinski definition) is 0. The van der Waals surface area contributed by atoms with Gasteiger partial charge < -0.3 is 9.05 Å². The van der Waals surface area contributed by atoms with Crippen LogP contribution < -0.4 is 0 Å². The summed E-state index contributed by atoms with van der Waals surface area (Å²) in [6, 6.07) is 0. The highest BCUT2D eigenvalue weighted by molar-refractivity contribution is 7.34. The molecular formula is C2H4O7P3+. The Balaban J connectivity index is 3.74. The van der Waals surface area contributed by atoms with Crippen LogP contribution in [0.1, 0.15) is 0 Å². The van der Waals surface area contributed by atoms with Gasteiger partial charge >= 0.3 is 20.6 Å². The number of carbonyl (C=O) groups excluding carboxylic acids is 2. The van der Waals surface area contributed by atoms with E-state index < -0.39 is 20.6 Å². The first kappa shape index (κ1) is 11.5. The van der Waals surface area contributed by atoms with E-state index in [-0.39, 0.29) is 0 Å². The van der Waals surface area contributed by atoms with Gasteiger partial charge in [0, 0.05) is 4.57 Å². The van der Waals surface area contributed by atoms with Gasteiger partial charge in [0.05, 0.1) is 18.9 Å². The maximum absolute atomic E-state index is 10.5. The lowest BCUT2D eigenvalue weighted by Crippen LogP contribution is -1.99. The molecule has 0 saturated carbocycles. The minimum absolute atomic E-state index is 1.25. The Kier molecular flexibility index (Phi) is 5.81. The Hall–Kier alpha value is -0.500. The normalized spacial score (nSPS) is 8.17. The van der Waals surface area contributed by atoms with Crippen LogP contribution in [0.15, 0.2) is 0 Å². The van der Waals surface area contributed by atoms with Gasteiger partial charge in [-0.15, -0.1) is 9.05 Å². The van der Waals surface area contributed by atoms with Crippen LogP contribution in [-0.2, 0) is 22.7 Å². The summed E-state index contributed by atoms with van der Waals surface area (Å²) in [6.07, 6.45) is -2.50. The van der Waals surface area contributed by atoms with Crippen molar-refractivity contribution < 1.29 is 32.2 Å². The fraction of sp³-hybridized carbons (Fsp3) is 0. The van der Waals surface area contributed by atoms with Crippen molar-refractivity contribution in [2.45, 2.75) is 0 Å². The van der Waals surface area contributed by atoms with E-state index in [1.807, 2.05) is 0 Å². The van der Waals surface area contributed by atoms with Crippen LogP contribution in [0, 0.1) is 0 Å². The fourth-order valence-corrected chi connectivity index (χ4v) is 0.808. The smallest absolute Gasteiger partial charge is 0.417 e. The molecule has 10 heteroatoms. The summed E-state index contributed by atoms with van der Waals surface area (Å²) in [6.45, 7) is 0. The second-order valence-corrected chi connectivity index (χ2v) is 2.43. The number of carbonyl (C=O) groups is 2. The third-order valence-corrected chi connectivity index (χ3v) is 1.47. The molecule has 0 N–H and O–H groups in total. The highest BCUT2D eigenvalue weighted by atomic mass is 31.1. The van der Waals surface area contributed by atoms with E-state index >= 15 is 0 Å². The zero-order chi connectivity index (χ0) is 9.56. The summed E-state index contributed by atoms with van der Waals surface area (Å²) in [5.41, 5.74) is 0. The highest BCUT2D eigenvalue weighted by Crippen LogP contribution is 2.25. The van der Waals surface area contributed by atoms with Crippen LogP contribution in [0.5, 0.6) is 0 Å². The molecule has 0 aromatic heterocycles. The van der Waals surface area contributed by atoms with Gasteiger partial charge in [-0.3, -0.25) is 0 Å². The van der Waals surface area contributed by atoms with Crippen LogP contribution >= 0.6 is 27.2 Å². The molecule has 7 nitrogen and oxygen atoms in total. The SMILES string of the molecule is O=C(OP)O[P+](=O)OC(=O)OP. The average molecular weight is 233 g/mol. The molecule has 0 aromatic carbocycles. The van der Waals surface area contributed by atoms with E-state index in [1.54, 1.807) is 18.9 Å². The number of rotatable bonds is 2. The Morgan fingerprint density at radius 2 is 1.33 bits per heavy atom. The lowest BCUT2D eigenvalue weighted by molar-refractivity contribution is 0.139. The summed E-state index contributed by atoms with van der Waals surface area (Å²) in [4.78, 5) is 20.4. The number of hydrogen-bond acceptors (Lipinski definition) is 7. The van der Waals surface area contributed by atoms with Gasteiger partial charge in [-0.2, -0.15) is 9.59 Å².